The van der Waals surface area contributed by atoms with Gasteiger partial charge in [-0.05, 0) is 5.56 Å². The van der Waals surface area contributed by atoms with Crippen LogP contribution < -0.4 is 0 Å². The normalized spacial score (nSPS) is 11.0. The van der Waals surface area contributed by atoms with Gasteiger partial charge < -0.3 is 5.11 Å². The van der Waals surface area contributed by atoms with Crippen molar-refractivity contribution in [3.8, 4) is 6.07 Å². The number of hydrogen-bond donors (Lipinski definition) is 1. The van der Waals surface area contributed by atoms with E-state index in [2.05, 4.69) is 19.7 Å². The number of nitriles is 1. The van der Waals surface area contributed by atoms with Gasteiger partial charge in [0.2, 0.25) is 0 Å². The second kappa shape index (κ2) is 11.7. The number of nitrogens with zero attached hydrogens (tertiary/aromatic N) is 1. The molecule has 1 aromatic rings. The molecule has 1 aromatic carbocycles. The summed E-state index contributed by atoms with van der Waals surface area (Å²) in [5.41, 5.74) is 1.20. The third kappa shape index (κ3) is 8.13. The number of carboxylic acids is 1. The van der Waals surface area contributed by atoms with Crippen molar-refractivity contribution in [3.63, 3.8) is 0 Å². The smallest absolute Gasteiger partial charge is 0.331 e. The highest BCUT2D eigenvalue weighted by molar-refractivity contribution is 5.87. The molecule has 1 unspecified atom stereocenters. The van der Waals surface area contributed by atoms with E-state index in [1.165, 1.54) is 23.8 Å². The van der Waals surface area contributed by atoms with Crippen LogP contribution in [0.5, 0.6) is 0 Å². The molecule has 0 saturated heterocycles. The van der Waals surface area contributed by atoms with Gasteiger partial charge in [-0.3, -0.25) is 0 Å². The summed E-state index contributed by atoms with van der Waals surface area (Å²) in [6, 6.07) is 11.8. The van der Waals surface area contributed by atoms with E-state index in [4.69, 9.17) is 10.4 Å². The summed E-state index contributed by atoms with van der Waals surface area (Å²) in [7, 11) is 0. The van der Waals surface area contributed by atoms with Crippen LogP contribution >= 0.6 is 0 Å². The summed E-state index contributed by atoms with van der Waals surface area (Å²) >= 11 is 0. The fourth-order valence-corrected chi connectivity index (χ4v) is 1.37. The molecule has 1 N–H and O–H groups in total. The van der Waals surface area contributed by atoms with Crippen molar-refractivity contribution in [2.24, 2.45) is 5.92 Å². The van der Waals surface area contributed by atoms with Gasteiger partial charge in [-0.25, -0.2) is 4.79 Å². The Balaban J connectivity index is 0.000000461. The molecule has 112 valence electrons. The van der Waals surface area contributed by atoms with E-state index in [0.717, 1.165) is 0 Å². The Morgan fingerprint density at radius 1 is 1.23 bits per heavy atom. The van der Waals surface area contributed by atoms with Crippen LogP contribution in [0.1, 0.15) is 5.56 Å². The van der Waals surface area contributed by atoms with E-state index in [9.17, 15) is 4.79 Å². The zero-order valence-electron chi connectivity index (χ0n) is 12.4. The van der Waals surface area contributed by atoms with Crippen LogP contribution in [0.2, 0.25) is 0 Å². The van der Waals surface area contributed by atoms with Crippen molar-refractivity contribution in [2.75, 3.05) is 0 Å². The van der Waals surface area contributed by atoms with Crippen molar-refractivity contribution in [2.45, 2.75) is 0 Å². The molecular weight excluding hydrogens is 274 g/mol. The van der Waals surface area contributed by atoms with Crippen LogP contribution in [0.15, 0.2) is 86.0 Å². The largest absolute Gasteiger partial charge is 0.478 e. The van der Waals surface area contributed by atoms with Crippen LogP contribution in [0, 0.1) is 17.2 Å². The SMILES string of the molecule is C=CC=CC(C=CC#N)C(=C)C(=O)O.C=Cc1ccccc1. The Bertz CT molecular complexity index is 604. The Kier molecular flexibility index (Phi) is 10.0. The molecule has 22 heavy (non-hydrogen) atoms. The van der Waals surface area contributed by atoms with Gasteiger partial charge in [-0.2, -0.15) is 5.26 Å². The maximum atomic E-state index is 10.6. The number of carbonyl (C=O) groups is 1. The summed E-state index contributed by atoms with van der Waals surface area (Å²) in [4.78, 5) is 10.6. The fourth-order valence-electron chi connectivity index (χ4n) is 1.37. The highest BCUT2D eigenvalue weighted by Gasteiger charge is 2.11. The molecule has 3 nitrogen and oxygen atoms in total. The fraction of sp³-hybridized carbons (Fsp3) is 0.0526. The Morgan fingerprint density at radius 3 is 2.27 bits per heavy atom. The Hall–Kier alpha value is -3.12. The molecule has 0 aliphatic carbocycles. The van der Waals surface area contributed by atoms with Gasteiger partial charge in [0.25, 0.3) is 0 Å². The van der Waals surface area contributed by atoms with Crippen molar-refractivity contribution in [3.05, 3.63) is 91.6 Å². The molecule has 3 heteroatoms. The maximum Gasteiger partial charge on any atom is 0.331 e. The van der Waals surface area contributed by atoms with E-state index in [1.54, 1.807) is 18.2 Å². The quantitative estimate of drug-likeness (QED) is 0.480. The monoisotopic (exact) mass is 293 g/mol. The number of aliphatic carboxylic acids is 1. The molecule has 0 fully saturated rings. The second-order valence-electron chi connectivity index (χ2n) is 4.08. The minimum Gasteiger partial charge on any atom is -0.478 e. The van der Waals surface area contributed by atoms with Crippen LogP contribution in [0.3, 0.4) is 0 Å². The zero-order valence-corrected chi connectivity index (χ0v) is 12.4. The molecule has 0 aliphatic rings. The van der Waals surface area contributed by atoms with Crippen LogP contribution in [-0.2, 0) is 4.79 Å². The third-order valence-corrected chi connectivity index (χ3v) is 2.54. The van der Waals surface area contributed by atoms with Gasteiger partial charge in [-0.1, -0.05) is 80.4 Å². The predicted molar refractivity (Wildman–Crippen MR) is 90.9 cm³/mol. The standard InChI is InChI=1S/C11H11NO2.C8H8/c1-3-4-6-10(7-5-8-12)9(2)11(13)14;1-2-8-6-4-3-5-7-8/h3-7,10H,1-2H2,(H,13,14);2-7H,1H2. The van der Waals surface area contributed by atoms with E-state index in [1.807, 2.05) is 36.4 Å². The topological polar surface area (TPSA) is 61.1 Å². The summed E-state index contributed by atoms with van der Waals surface area (Å²) in [5.74, 6) is -1.54. The van der Waals surface area contributed by atoms with Gasteiger partial charge in [-0.15, -0.1) is 0 Å². The molecule has 0 heterocycles. The van der Waals surface area contributed by atoms with Crippen molar-refractivity contribution in [1.29, 1.82) is 5.26 Å². The lowest BCUT2D eigenvalue weighted by Crippen LogP contribution is -2.07. The second-order valence-corrected chi connectivity index (χ2v) is 4.08. The summed E-state index contributed by atoms with van der Waals surface area (Å²) in [5, 5.41) is 17.0. The van der Waals surface area contributed by atoms with Crippen LogP contribution in [-0.4, -0.2) is 11.1 Å². The van der Waals surface area contributed by atoms with E-state index < -0.39 is 11.9 Å². The summed E-state index contributed by atoms with van der Waals surface area (Å²) < 4.78 is 0. The Morgan fingerprint density at radius 2 is 1.86 bits per heavy atom. The number of benzene rings is 1. The molecule has 0 aromatic heterocycles. The Labute approximate surface area is 131 Å². The van der Waals surface area contributed by atoms with Crippen LogP contribution in [0.4, 0.5) is 0 Å². The van der Waals surface area contributed by atoms with E-state index in [-0.39, 0.29) is 5.57 Å². The molecule has 1 rings (SSSR count). The first-order valence-electron chi connectivity index (χ1n) is 6.51. The van der Waals surface area contributed by atoms with Crippen molar-refractivity contribution >= 4 is 12.0 Å². The first kappa shape index (κ1) is 18.9. The molecule has 0 bridgehead atoms. The minimum atomic E-state index is -1.08. The van der Waals surface area contributed by atoms with E-state index in [0.29, 0.717) is 0 Å². The highest BCUT2D eigenvalue weighted by atomic mass is 16.4. The molecule has 0 saturated carbocycles. The van der Waals surface area contributed by atoms with Gasteiger partial charge in [0.1, 0.15) is 0 Å². The molecule has 1 atom stereocenters. The molecule has 0 aliphatic heterocycles. The molecule has 0 radical (unpaired) electrons. The molecule has 0 amide bonds. The molecular formula is C19H19NO2. The zero-order chi connectivity index (χ0) is 16.8. The predicted octanol–water partition coefficient (Wildman–Crippen LogP) is 4.39. The average Bonchev–Trinajstić information content (AvgIpc) is 2.55. The van der Waals surface area contributed by atoms with Gasteiger partial charge in [0.15, 0.2) is 0 Å². The lowest BCUT2D eigenvalue weighted by atomic mass is 9.99. The highest BCUT2D eigenvalue weighted by Crippen LogP contribution is 2.12. The maximum absolute atomic E-state index is 10.6. The number of carboxylic acid groups (broad SMARTS) is 1. The first-order chi connectivity index (χ1) is 10.6. The minimum absolute atomic E-state index is 0.0228. The van der Waals surface area contributed by atoms with Gasteiger partial charge in [0, 0.05) is 17.6 Å². The van der Waals surface area contributed by atoms with Gasteiger partial charge in [0.05, 0.1) is 6.07 Å². The number of allylic oxidation sites excluding steroid dienone is 5. The van der Waals surface area contributed by atoms with E-state index >= 15 is 0 Å². The number of rotatable bonds is 6. The van der Waals surface area contributed by atoms with Crippen molar-refractivity contribution < 1.29 is 9.90 Å². The van der Waals surface area contributed by atoms with Crippen molar-refractivity contribution in [1.82, 2.24) is 0 Å². The van der Waals surface area contributed by atoms with Crippen LogP contribution in [0.25, 0.3) is 6.08 Å². The summed E-state index contributed by atoms with van der Waals surface area (Å²) in [6.07, 6.45) is 9.28. The summed E-state index contributed by atoms with van der Waals surface area (Å²) in [6.45, 7) is 10.5. The molecule has 0 spiro atoms. The lowest BCUT2D eigenvalue weighted by molar-refractivity contribution is -0.132. The number of hydrogen-bond acceptors (Lipinski definition) is 2. The third-order valence-electron chi connectivity index (χ3n) is 2.54. The average molecular weight is 293 g/mol. The van der Waals surface area contributed by atoms with Gasteiger partial charge >= 0.3 is 5.97 Å². The first-order valence-corrected chi connectivity index (χ1v) is 6.51. The lowest BCUT2D eigenvalue weighted by Gasteiger charge is -2.05.